The summed E-state index contributed by atoms with van der Waals surface area (Å²) in [5, 5.41) is 11.9. The number of nitrogens with one attached hydrogen (secondary N) is 1. The van der Waals surface area contributed by atoms with Gasteiger partial charge in [-0.3, -0.25) is 9.59 Å². The van der Waals surface area contributed by atoms with E-state index in [4.69, 9.17) is 5.11 Å². The van der Waals surface area contributed by atoms with E-state index in [1.807, 2.05) is 0 Å². The summed E-state index contributed by atoms with van der Waals surface area (Å²) in [5.41, 5.74) is 0. The molecule has 2 aliphatic carbocycles. The number of carboxylic acids is 1. The van der Waals surface area contributed by atoms with E-state index in [0.717, 1.165) is 32.1 Å². The number of rotatable bonds is 3. The maximum atomic E-state index is 12.0. The van der Waals surface area contributed by atoms with E-state index in [1.165, 1.54) is 6.42 Å². The second-order valence-corrected chi connectivity index (χ2v) is 5.39. The number of hydrogen-bond donors (Lipinski definition) is 2. The lowest BCUT2D eigenvalue weighted by Crippen LogP contribution is -2.38. The number of carboxylic acid groups (broad SMARTS) is 1. The fraction of sp³-hybridized carbons (Fsp3) is 0.846. The van der Waals surface area contributed by atoms with Crippen LogP contribution in [0.5, 0.6) is 0 Å². The standard InChI is InChI=1S/C13H21NO3/c15-12(9-4-2-1-3-5-9)14-11-7-6-10(8-11)13(16)17/h9-11H,1-8H2,(H,14,15)(H,16,17)/t10-,11+/m1/s1. The molecule has 0 spiro atoms. The summed E-state index contributed by atoms with van der Waals surface area (Å²) in [7, 11) is 0. The van der Waals surface area contributed by atoms with Gasteiger partial charge in [-0.2, -0.15) is 0 Å². The van der Waals surface area contributed by atoms with E-state index >= 15 is 0 Å². The van der Waals surface area contributed by atoms with Gasteiger partial charge in [0.25, 0.3) is 0 Å². The molecule has 0 heterocycles. The van der Waals surface area contributed by atoms with Crippen LogP contribution in [0.3, 0.4) is 0 Å². The Morgan fingerprint density at radius 1 is 0.941 bits per heavy atom. The zero-order chi connectivity index (χ0) is 12.3. The van der Waals surface area contributed by atoms with Crippen molar-refractivity contribution in [3.05, 3.63) is 0 Å². The van der Waals surface area contributed by atoms with Crippen LogP contribution in [0.1, 0.15) is 51.4 Å². The van der Waals surface area contributed by atoms with Crippen molar-refractivity contribution in [2.24, 2.45) is 11.8 Å². The van der Waals surface area contributed by atoms with Crippen LogP contribution < -0.4 is 5.32 Å². The number of carbonyl (C=O) groups is 2. The van der Waals surface area contributed by atoms with Crippen molar-refractivity contribution in [1.29, 1.82) is 0 Å². The molecular formula is C13H21NO3. The minimum Gasteiger partial charge on any atom is -0.481 e. The van der Waals surface area contributed by atoms with Gasteiger partial charge < -0.3 is 10.4 Å². The second-order valence-electron chi connectivity index (χ2n) is 5.39. The molecule has 17 heavy (non-hydrogen) atoms. The van der Waals surface area contributed by atoms with Gasteiger partial charge in [0, 0.05) is 12.0 Å². The molecule has 0 aromatic rings. The molecule has 0 aromatic carbocycles. The molecule has 4 heteroatoms. The van der Waals surface area contributed by atoms with Gasteiger partial charge in [0.2, 0.25) is 5.91 Å². The van der Waals surface area contributed by atoms with Gasteiger partial charge in [-0.15, -0.1) is 0 Å². The van der Waals surface area contributed by atoms with Crippen LogP contribution in [0.15, 0.2) is 0 Å². The normalized spacial score (nSPS) is 30.1. The Labute approximate surface area is 102 Å². The summed E-state index contributed by atoms with van der Waals surface area (Å²) in [5.74, 6) is -0.653. The second kappa shape index (κ2) is 5.52. The molecule has 2 N–H and O–H groups in total. The van der Waals surface area contributed by atoms with Crippen molar-refractivity contribution in [3.63, 3.8) is 0 Å². The first kappa shape index (κ1) is 12.4. The fourth-order valence-electron chi connectivity index (χ4n) is 3.02. The van der Waals surface area contributed by atoms with Crippen LogP contribution in [0.4, 0.5) is 0 Å². The van der Waals surface area contributed by atoms with Crippen LogP contribution in [0.25, 0.3) is 0 Å². The number of hydrogen-bond acceptors (Lipinski definition) is 2. The van der Waals surface area contributed by atoms with Gasteiger partial charge in [-0.1, -0.05) is 19.3 Å². The molecule has 0 aliphatic heterocycles. The summed E-state index contributed by atoms with van der Waals surface area (Å²) in [4.78, 5) is 22.8. The molecule has 2 saturated carbocycles. The Morgan fingerprint density at radius 2 is 1.65 bits per heavy atom. The SMILES string of the molecule is O=C(N[C@H]1CC[C@@H](C(=O)O)C1)C1CCCCC1. The minimum atomic E-state index is -0.723. The topological polar surface area (TPSA) is 66.4 Å². The molecule has 0 saturated heterocycles. The largest absolute Gasteiger partial charge is 0.481 e. The molecule has 2 rings (SSSR count). The van der Waals surface area contributed by atoms with Gasteiger partial charge in [0.15, 0.2) is 0 Å². The summed E-state index contributed by atoms with van der Waals surface area (Å²) in [6.45, 7) is 0. The molecule has 0 bridgehead atoms. The van der Waals surface area contributed by atoms with Gasteiger partial charge in [0.1, 0.15) is 0 Å². The first-order valence-electron chi connectivity index (χ1n) is 6.70. The lowest BCUT2D eigenvalue weighted by Gasteiger charge is -2.23. The minimum absolute atomic E-state index is 0.0885. The zero-order valence-corrected chi connectivity index (χ0v) is 10.2. The van der Waals surface area contributed by atoms with Crippen molar-refractivity contribution >= 4 is 11.9 Å². The zero-order valence-electron chi connectivity index (χ0n) is 10.2. The monoisotopic (exact) mass is 239 g/mol. The molecule has 0 aromatic heterocycles. The Balaban J connectivity index is 1.77. The van der Waals surface area contributed by atoms with Crippen molar-refractivity contribution in [3.8, 4) is 0 Å². The first-order valence-corrected chi connectivity index (χ1v) is 6.70. The van der Waals surface area contributed by atoms with Crippen LogP contribution in [0.2, 0.25) is 0 Å². The first-order chi connectivity index (χ1) is 8.16. The van der Waals surface area contributed by atoms with Gasteiger partial charge in [-0.25, -0.2) is 0 Å². The summed E-state index contributed by atoms with van der Waals surface area (Å²) < 4.78 is 0. The molecule has 4 nitrogen and oxygen atoms in total. The average molecular weight is 239 g/mol. The molecular weight excluding hydrogens is 218 g/mol. The molecule has 2 fully saturated rings. The van der Waals surface area contributed by atoms with E-state index < -0.39 is 5.97 Å². The quantitative estimate of drug-likeness (QED) is 0.791. The third-order valence-electron chi connectivity index (χ3n) is 4.10. The van der Waals surface area contributed by atoms with E-state index in [9.17, 15) is 9.59 Å². The highest BCUT2D eigenvalue weighted by Gasteiger charge is 2.32. The van der Waals surface area contributed by atoms with Crippen LogP contribution in [-0.2, 0) is 9.59 Å². The Hall–Kier alpha value is -1.06. The highest BCUT2D eigenvalue weighted by molar-refractivity contribution is 5.79. The van der Waals surface area contributed by atoms with E-state index in [0.29, 0.717) is 12.8 Å². The Kier molecular flexibility index (Phi) is 4.02. The summed E-state index contributed by atoms with van der Waals surface area (Å²) in [6.07, 6.45) is 7.67. The van der Waals surface area contributed by atoms with Crippen molar-refractivity contribution in [2.75, 3.05) is 0 Å². The maximum absolute atomic E-state index is 12.0. The molecule has 1 amide bonds. The molecule has 0 unspecified atom stereocenters. The lowest BCUT2D eigenvalue weighted by molar-refractivity contribution is -0.141. The third-order valence-corrected chi connectivity index (χ3v) is 4.10. The van der Waals surface area contributed by atoms with Crippen LogP contribution in [0, 0.1) is 11.8 Å². The maximum Gasteiger partial charge on any atom is 0.306 e. The highest BCUT2D eigenvalue weighted by atomic mass is 16.4. The third kappa shape index (κ3) is 3.20. The lowest BCUT2D eigenvalue weighted by atomic mass is 9.88. The number of amides is 1. The van der Waals surface area contributed by atoms with E-state index in [-0.39, 0.29) is 23.8 Å². The molecule has 96 valence electrons. The summed E-state index contributed by atoms with van der Waals surface area (Å²) >= 11 is 0. The molecule has 2 atom stereocenters. The van der Waals surface area contributed by atoms with Crippen LogP contribution in [-0.4, -0.2) is 23.0 Å². The molecule has 0 radical (unpaired) electrons. The number of aliphatic carboxylic acids is 1. The Bertz CT molecular complexity index is 297. The van der Waals surface area contributed by atoms with E-state index in [2.05, 4.69) is 5.32 Å². The number of carbonyl (C=O) groups excluding carboxylic acids is 1. The van der Waals surface area contributed by atoms with E-state index in [1.54, 1.807) is 0 Å². The van der Waals surface area contributed by atoms with Crippen LogP contribution >= 0.6 is 0 Å². The predicted octanol–water partition coefficient (Wildman–Crippen LogP) is 1.94. The predicted molar refractivity (Wildman–Crippen MR) is 63.5 cm³/mol. The summed E-state index contributed by atoms with van der Waals surface area (Å²) in [6, 6.07) is 0.0885. The van der Waals surface area contributed by atoms with Crippen molar-refractivity contribution in [1.82, 2.24) is 5.32 Å². The average Bonchev–Trinajstić information content (AvgIpc) is 2.79. The highest BCUT2D eigenvalue weighted by Crippen LogP contribution is 2.28. The van der Waals surface area contributed by atoms with Gasteiger partial charge in [0.05, 0.1) is 5.92 Å². The van der Waals surface area contributed by atoms with Gasteiger partial charge >= 0.3 is 5.97 Å². The smallest absolute Gasteiger partial charge is 0.306 e. The van der Waals surface area contributed by atoms with Crippen molar-refractivity contribution in [2.45, 2.75) is 57.4 Å². The fourth-order valence-corrected chi connectivity index (χ4v) is 3.02. The Morgan fingerprint density at radius 3 is 2.24 bits per heavy atom. The van der Waals surface area contributed by atoms with Crippen molar-refractivity contribution < 1.29 is 14.7 Å². The molecule has 2 aliphatic rings. The van der Waals surface area contributed by atoms with Gasteiger partial charge in [-0.05, 0) is 32.1 Å².